The molecule has 9 nitrogen and oxygen atoms in total. The van der Waals surface area contributed by atoms with Crippen LogP contribution in [0.2, 0.25) is 0 Å². The smallest absolute Gasteiger partial charge is 0.462 e. The molecule has 0 saturated heterocycles. The number of unbranched alkanes of at least 4 members (excludes halogenated alkanes) is 31. The van der Waals surface area contributed by atoms with E-state index in [1.54, 1.807) is 0 Å². The summed E-state index contributed by atoms with van der Waals surface area (Å²) in [6, 6.07) is 0. The number of nitrogens with zero attached hydrogens (tertiary/aromatic N) is 1. The summed E-state index contributed by atoms with van der Waals surface area (Å²) in [7, 11) is 1.50. The highest BCUT2D eigenvalue weighted by atomic mass is 31.2. The van der Waals surface area contributed by atoms with E-state index in [0.717, 1.165) is 38.5 Å². The van der Waals surface area contributed by atoms with Gasteiger partial charge in [-0.3, -0.25) is 18.6 Å². The van der Waals surface area contributed by atoms with Crippen LogP contribution in [-0.2, 0) is 32.7 Å². The van der Waals surface area contributed by atoms with E-state index in [9.17, 15) is 19.0 Å². The molecule has 0 aromatic rings. The highest BCUT2D eigenvalue weighted by molar-refractivity contribution is 7.47. The average Bonchev–Trinajstić information content (AvgIpc) is 3.16. The van der Waals surface area contributed by atoms with Crippen molar-refractivity contribution in [3.63, 3.8) is 0 Å². The lowest BCUT2D eigenvalue weighted by atomic mass is 10.0. The van der Waals surface area contributed by atoms with Crippen LogP contribution in [-0.4, -0.2) is 74.9 Å². The zero-order chi connectivity index (χ0) is 42.1. The average molecular weight is 833 g/mol. The van der Waals surface area contributed by atoms with Gasteiger partial charge in [0.2, 0.25) is 0 Å². The maximum Gasteiger partial charge on any atom is 0.472 e. The molecular formula is C47H95NO8P+. The molecule has 0 rings (SSSR count). The molecule has 0 bridgehead atoms. The van der Waals surface area contributed by atoms with E-state index in [-0.39, 0.29) is 25.6 Å². The van der Waals surface area contributed by atoms with Crippen LogP contribution < -0.4 is 0 Å². The summed E-state index contributed by atoms with van der Waals surface area (Å²) >= 11 is 0. The second-order valence-electron chi connectivity index (χ2n) is 17.9. The first-order valence-corrected chi connectivity index (χ1v) is 25.8. The Morgan fingerprint density at radius 1 is 0.474 bits per heavy atom. The molecule has 0 aromatic carbocycles. The molecule has 0 fully saturated rings. The predicted octanol–water partition coefficient (Wildman–Crippen LogP) is 14.0. The Morgan fingerprint density at radius 2 is 0.789 bits per heavy atom. The lowest BCUT2D eigenvalue weighted by molar-refractivity contribution is -0.870. The molecule has 0 heterocycles. The highest BCUT2D eigenvalue weighted by Gasteiger charge is 2.27. The van der Waals surface area contributed by atoms with Gasteiger partial charge >= 0.3 is 19.8 Å². The van der Waals surface area contributed by atoms with Gasteiger partial charge in [0.05, 0.1) is 27.7 Å². The third kappa shape index (κ3) is 44.4. The monoisotopic (exact) mass is 833 g/mol. The van der Waals surface area contributed by atoms with Crippen molar-refractivity contribution in [1.29, 1.82) is 0 Å². The zero-order valence-electron chi connectivity index (χ0n) is 38.4. The molecular weight excluding hydrogens is 737 g/mol. The summed E-state index contributed by atoms with van der Waals surface area (Å²) in [5.74, 6) is -0.780. The number of esters is 2. The van der Waals surface area contributed by atoms with Crippen LogP contribution in [0.25, 0.3) is 0 Å². The molecule has 57 heavy (non-hydrogen) atoms. The number of hydrogen-bond acceptors (Lipinski definition) is 7. The number of phosphoric ester groups is 1. The van der Waals surface area contributed by atoms with E-state index >= 15 is 0 Å². The fourth-order valence-corrected chi connectivity index (χ4v) is 7.82. The Hall–Kier alpha value is -0.990. The minimum atomic E-state index is -4.37. The van der Waals surface area contributed by atoms with Gasteiger partial charge in [-0.25, -0.2) is 4.57 Å². The van der Waals surface area contributed by atoms with Crippen molar-refractivity contribution in [1.82, 2.24) is 0 Å². The van der Waals surface area contributed by atoms with Crippen molar-refractivity contribution in [2.45, 2.75) is 245 Å². The van der Waals surface area contributed by atoms with Crippen molar-refractivity contribution in [3.05, 3.63) is 0 Å². The summed E-state index contributed by atoms with van der Waals surface area (Å²) in [6.07, 6.45) is 41.4. The van der Waals surface area contributed by atoms with E-state index < -0.39 is 26.5 Å². The molecule has 0 saturated carbocycles. The molecule has 340 valence electrons. The summed E-state index contributed by atoms with van der Waals surface area (Å²) < 4.78 is 34.4. The second-order valence-corrected chi connectivity index (χ2v) is 19.3. The Bertz CT molecular complexity index is 943. The lowest BCUT2D eigenvalue weighted by Crippen LogP contribution is -2.37. The van der Waals surface area contributed by atoms with Crippen LogP contribution in [0.5, 0.6) is 0 Å². The first-order valence-electron chi connectivity index (χ1n) is 24.3. The van der Waals surface area contributed by atoms with E-state index in [2.05, 4.69) is 13.8 Å². The maximum absolute atomic E-state index is 12.7. The minimum Gasteiger partial charge on any atom is -0.462 e. The van der Waals surface area contributed by atoms with Crippen molar-refractivity contribution in [2.75, 3.05) is 47.5 Å². The molecule has 0 aliphatic heterocycles. The van der Waals surface area contributed by atoms with Crippen LogP contribution in [0.15, 0.2) is 0 Å². The van der Waals surface area contributed by atoms with Gasteiger partial charge in [-0.05, 0) is 12.8 Å². The number of quaternary nitrogens is 1. The van der Waals surface area contributed by atoms with E-state index in [1.165, 1.54) is 173 Å². The van der Waals surface area contributed by atoms with Gasteiger partial charge in [-0.15, -0.1) is 0 Å². The molecule has 0 aromatic heterocycles. The minimum absolute atomic E-state index is 0.0370. The highest BCUT2D eigenvalue weighted by Crippen LogP contribution is 2.43. The molecule has 0 aliphatic rings. The van der Waals surface area contributed by atoms with Crippen LogP contribution in [0.3, 0.4) is 0 Å². The number of ether oxygens (including phenoxy) is 2. The Morgan fingerprint density at radius 3 is 1.12 bits per heavy atom. The quantitative estimate of drug-likeness (QED) is 0.0280. The predicted molar refractivity (Wildman–Crippen MR) is 238 cm³/mol. The topological polar surface area (TPSA) is 108 Å². The van der Waals surface area contributed by atoms with Gasteiger partial charge in [0.15, 0.2) is 6.10 Å². The number of phosphoric acid groups is 1. The van der Waals surface area contributed by atoms with Crippen LogP contribution in [0.4, 0.5) is 0 Å². The van der Waals surface area contributed by atoms with E-state index in [0.29, 0.717) is 17.4 Å². The fraction of sp³-hybridized carbons (Fsp3) is 0.957. The van der Waals surface area contributed by atoms with Crippen LogP contribution >= 0.6 is 7.82 Å². The first kappa shape index (κ1) is 56.0. The molecule has 0 radical (unpaired) electrons. The molecule has 0 spiro atoms. The molecule has 1 N–H and O–H groups in total. The third-order valence-electron chi connectivity index (χ3n) is 10.9. The van der Waals surface area contributed by atoms with Crippen molar-refractivity contribution < 1.29 is 42.1 Å². The SMILES string of the molecule is CCCCCCCCCCCCCCCCCCCCC(=O)OC(COC(=O)CCCCCCCCCCCCCCCCC)COP(=O)(O)OCC[N+](C)(C)C. The summed E-state index contributed by atoms with van der Waals surface area (Å²) in [5.41, 5.74) is 0. The van der Waals surface area contributed by atoms with Crippen molar-refractivity contribution >= 4 is 19.8 Å². The number of carbonyl (C=O) groups excluding carboxylic acids is 2. The number of hydrogen-bond donors (Lipinski definition) is 1. The Kier molecular flexibility index (Phi) is 39.7. The van der Waals surface area contributed by atoms with E-state index in [1.807, 2.05) is 21.1 Å². The maximum atomic E-state index is 12.7. The second kappa shape index (κ2) is 40.4. The third-order valence-corrected chi connectivity index (χ3v) is 11.9. The molecule has 2 atom stereocenters. The standard InChI is InChI=1S/C47H94NO8P/c1-6-8-10-12-14-16-18-20-22-23-24-26-28-30-32-34-36-38-40-47(50)56-45(44-55-57(51,52)54-42-41-48(3,4)5)43-53-46(49)39-37-35-33-31-29-27-25-21-19-17-15-13-11-9-7-2/h45H,6-44H2,1-5H3/p+1. The summed E-state index contributed by atoms with van der Waals surface area (Å²) in [4.78, 5) is 35.4. The molecule has 2 unspecified atom stereocenters. The Labute approximate surface area is 353 Å². The molecule has 0 amide bonds. The zero-order valence-corrected chi connectivity index (χ0v) is 39.2. The van der Waals surface area contributed by atoms with Crippen molar-refractivity contribution in [3.8, 4) is 0 Å². The van der Waals surface area contributed by atoms with Gasteiger partial charge in [0, 0.05) is 12.8 Å². The van der Waals surface area contributed by atoms with Gasteiger partial charge < -0.3 is 18.9 Å². The fourth-order valence-electron chi connectivity index (χ4n) is 7.08. The lowest BCUT2D eigenvalue weighted by Gasteiger charge is -2.24. The molecule has 10 heteroatoms. The van der Waals surface area contributed by atoms with Gasteiger partial charge in [-0.1, -0.05) is 213 Å². The number of rotatable bonds is 45. The normalized spacial score (nSPS) is 13.4. The molecule has 0 aliphatic carbocycles. The summed E-state index contributed by atoms with van der Waals surface area (Å²) in [6.45, 7) is 4.48. The largest absolute Gasteiger partial charge is 0.472 e. The van der Waals surface area contributed by atoms with Gasteiger partial charge in [-0.2, -0.15) is 0 Å². The Balaban J connectivity index is 4.24. The first-order chi connectivity index (χ1) is 27.5. The number of likely N-dealkylation sites (N-methyl/N-ethyl adjacent to an activating group) is 1. The summed E-state index contributed by atoms with van der Waals surface area (Å²) in [5, 5.41) is 0. The van der Waals surface area contributed by atoms with Gasteiger partial charge in [0.25, 0.3) is 0 Å². The van der Waals surface area contributed by atoms with Gasteiger partial charge in [0.1, 0.15) is 19.8 Å². The van der Waals surface area contributed by atoms with Crippen LogP contribution in [0, 0.1) is 0 Å². The van der Waals surface area contributed by atoms with Crippen LogP contribution in [0.1, 0.15) is 239 Å². The van der Waals surface area contributed by atoms with E-state index in [4.69, 9.17) is 18.5 Å². The number of carbonyl (C=O) groups is 2. The van der Waals surface area contributed by atoms with Crippen molar-refractivity contribution in [2.24, 2.45) is 0 Å².